The van der Waals surface area contributed by atoms with Gasteiger partial charge in [-0.1, -0.05) is 0 Å². The lowest BCUT2D eigenvalue weighted by Crippen LogP contribution is -2.14. The van der Waals surface area contributed by atoms with Crippen molar-refractivity contribution in [1.82, 2.24) is 4.98 Å². The zero-order valence-electron chi connectivity index (χ0n) is 18.3. The number of methoxy groups -OCH3 is 1. The number of carbonyl (C=O) groups excluding carboxylic acids is 1. The zero-order chi connectivity index (χ0) is 24.4. The van der Waals surface area contributed by atoms with Gasteiger partial charge in [0.15, 0.2) is 16.6 Å². The van der Waals surface area contributed by atoms with Gasteiger partial charge in [0.1, 0.15) is 5.75 Å². The van der Waals surface area contributed by atoms with Crippen LogP contribution >= 0.6 is 11.3 Å². The molecule has 0 bridgehead atoms. The highest BCUT2D eigenvalue weighted by Crippen LogP contribution is 2.36. The Morgan fingerprint density at radius 3 is 2.49 bits per heavy atom. The number of benzene rings is 3. The molecule has 1 aromatic heterocycles. The van der Waals surface area contributed by atoms with Crippen LogP contribution in [0.25, 0.3) is 11.3 Å². The summed E-state index contributed by atoms with van der Waals surface area (Å²) in [5.74, 6) is 1.54. The van der Waals surface area contributed by atoms with Crippen molar-refractivity contribution in [3.05, 3.63) is 77.7 Å². The van der Waals surface area contributed by atoms with Crippen LogP contribution < -0.4 is 24.2 Å². The monoisotopic (exact) mass is 509 g/mol. The maximum absolute atomic E-state index is 12.7. The Bertz CT molecular complexity index is 1480. The van der Waals surface area contributed by atoms with E-state index in [0.29, 0.717) is 39.3 Å². The van der Waals surface area contributed by atoms with Gasteiger partial charge in [0.05, 0.1) is 17.7 Å². The molecule has 1 amide bonds. The third kappa shape index (κ3) is 4.91. The summed E-state index contributed by atoms with van der Waals surface area (Å²) in [6, 6.07) is 17.7. The molecule has 0 saturated heterocycles. The number of nitrogens with zero attached hydrogens (tertiary/aromatic N) is 1. The van der Waals surface area contributed by atoms with Crippen LogP contribution in [0.3, 0.4) is 0 Å². The standard InChI is InChI=1S/C24H19N3O6S2/c1-31-18-7-9-19(10-8-18)35(29,30)27-17-5-2-15(3-6-17)23(28)26-24-25-20(13-34-24)16-4-11-21-22(12-16)33-14-32-21/h2-13,27H,14H2,1H3,(H,25,26,28). The van der Waals surface area contributed by atoms with Crippen molar-refractivity contribution in [2.24, 2.45) is 0 Å². The lowest BCUT2D eigenvalue weighted by Gasteiger charge is -2.09. The van der Waals surface area contributed by atoms with E-state index in [1.807, 2.05) is 23.6 Å². The third-order valence-electron chi connectivity index (χ3n) is 5.16. The summed E-state index contributed by atoms with van der Waals surface area (Å²) in [4.78, 5) is 17.2. The second-order valence-corrected chi connectivity index (χ2v) is 9.96. The minimum absolute atomic E-state index is 0.0992. The summed E-state index contributed by atoms with van der Waals surface area (Å²) >= 11 is 1.30. The van der Waals surface area contributed by atoms with Crippen LogP contribution in [0, 0.1) is 0 Å². The fourth-order valence-corrected chi connectivity index (χ4v) is 5.12. The van der Waals surface area contributed by atoms with Crippen LogP contribution in [-0.2, 0) is 10.0 Å². The minimum atomic E-state index is -3.78. The summed E-state index contributed by atoms with van der Waals surface area (Å²) in [6.45, 7) is 0.193. The molecule has 2 heterocycles. The summed E-state index contributed by atoms with van der Waals surface area (Å²) in [5, 5.41) is 5.04. The first kappa shape index (κ1) is 22.7. The van der Waals surface area contributed by atoms with E-state index in [1.165, 1.54) is 54.8 Å². The molecule has 5 rings (SSSR count). The molecule has 0 saturated carbocycles. The average Bonchev–Trinajstić information content (AvgIpc) is 3.53. The average molecular weight is 510 g/mol. The van der Waals surface area contributed by atoms with Gasteiger partial charge in [0.25, 0.3) is 15.9 Å². The molecule has 4 aromatic rings. The van der Waals surface area contributed by atoms with E-state index >= 15 is 0 Å². The fourth-order valence-electron chi connectivity index (χ4n) is 3.35. The molecule has 178 valence electrons. The van der Waals surface area contributed by atoms with Gasteiger partial charge in [-0.2, -0.15) is 0 Å². The van der Waals surface area contributed by atoms with Gasteiger partial charge in [-0.05, 0) is 66.7 Å². The molecule has 11 heteroatoms. The molecule has 0 radical (unpaired) electrons. The maximum Gasteiger partial charge on any atom is 0.261 e. The number of nitrogens with one attached hydrogen (secondary N) is 2. The Hall–Kier alpha value is -4.09. The molecule has 35 heavy (non-hydrogen) atoms. The van der Waals surface area contributed by atoms with E-state index in [9.17, 15) is 13.2 Å². The Balaban J connectivity index is 1.24. The first-order valence-electron chi connectivity index (χ1n) is 10.4. The number of thiazole rings is 1. The lowest BCUT2D eigenvalue weighted by molar-refractivity contribution is 0.102. The van der Waals surface area contributed by atoms with Crippen LogP contribution in [-0.4, -0.2) is 33.2 Å². The molecule has 0 spiro atoms. The van der Waals surface area contributed by atoms with E-state index in [1.54, 1.807) is 12.1 Å². The second kappa shape index (κ2) is 9.28. The van der Waals surface area contributed by atoms with Crippen LogP contribution in [0.4, 0.5) is 10.8 Å². The largest absolute Gasteiger partial charge is 0.497 e. The SMILES string of the molecule is COc1ccc(S(=O)(=O)Nc2ccc(C(=O)Nc3nc(-c4ccc5c(c4)OCO5)cs3)cc2)cc1. The number of amides is 1. The molecular weight excluding hydrogens is 490 g/mol. The van der Waals surface area contributed by atoms with Crippen molar-refractivity contribution in [3.63, 3.8) is 0 Å². The molecule has 2 N–H and O–H groups in total. The highest BCUT2D eigenvalue weighted by Gasteiger charge is 2.17. The number of sulfonamides is 1. The third-order valence-corrected chi connectivity index (χ3v) is 7.32. The Morgan fingerprint density at radius 1 is 1.00 bits per heavy atom. The summed E-state index contributed by atoms with van der Waals surface area (Å²) in [7, 11) is -2.27. The quantitative estimate of drug-likeness (QED) is 0.374. The van der Waals surface area contributed by atoms with Gasteiger partial charge in [-0.25, -0.2) is 13.4 Å². The van der Waals surface area contributed by atoms with Crippen LogP contribution in [0.5, 0.6) is 17.2 Å². The number of anilines is 2. The molecule has 0 fully saturated rings. The van der Waals surface area contributed by atoms with Gasteiger partial charge >= 0.3 is 0 Å². The molecule has 0 unspecified atom stereocenters. The van der Waals surface area contributed by atoms with Crippen molar-refractivity contribution in [1.29, 1.82) is 0 Å². The second-order valence-electron chi connectivity index (χ2n) is 7.42. The molecule has 1 aliphatic heterocycles. The predicted molar refractivity (Wildman–Crippen MR) is 132 cm³/mol. The number of fused-ring (bicyclic) bond motifs is 1. The first-order chi connectivity index (χ1) is 16.9. The summed E-state index contributed by atoms with van der Waals surface area (Å²) < 4.78 is 43.5. The lowest BCUT2D eigenvalue weighted by atomic mass is 10.1. The van der Waals surface area contributed by atoms with Gasteiger partial charge in [0.2, 0.25) is 6.79 Å². The van der Waals surface area contributed by atoms with E-state index in [4.69, 9.17) is 14.2 Å². The van der Waals surface area contributed by atoms with Crippen LogP contribution in [0.2, 0.25) is 0 Å². The smallest absolute Gasteiger partial charge is 0.261 e. The van der Waals surface area contributed by atoms with E-state index in [2.05, 4.69) is 15.0 Å². The molecule has 3 aromatic carbocycles. The number of rotatable bonds is 7. The van der Waals surface area contributed by atoms with Crippen molar-refractivity contribution in [3.8, 4) is 28.5 Å². The number of aromatic nitrogens is 1. The predicted octanol–water partition coefficient (Wildman–Crippen LogP) is 4.60. The van der Waals surface area contributed by atoms with Gasteiger partial charge < -0.3 is 14.2 Å². The van der Waals surface area contributed by atoms with Crippen molar-refractivity contribution >= 4 is 38.1 Å². The van der Waals surface area contributed by atoms with Gasteiger partial charge in [0, 0.05) is 22.2 Å². The Labute approximate surface area is 205 Å². The Morgan fingerprint density at radius 2 is 1.74 bits per heavy atom. The maximum atomic E-state index is 12.7. The van der Waals surface area contributed by atoms with E-state index < -0.39 is 10.0 Å². The summed E-state index contributed by atoms with van der Waals surface area (Å²) in [5.41, 5.74) is 2.24. The normalized spacial score (nSPS) is 12.3. The summed E-state index contributed by atoms with van der Waals surface area (Å²) in [6.07, 6.45) is 0. The van der Waals surface area contributed by atoms with E-state index in [0.717, 1.165) is 5.56 Å². The fraction of sp³-hybridized carbons (Fsp3) is 0.0833. The van der Waals surface area contributed by atoms with E-state index in [-0.39, 0.29) is 17.6 Å². The molecular formula is C24H19N3O6S2. The van der Waals surface area contributed by atoms with Gasteiger partial charge in [-0.15, -0.1) is 11.3 Å². The number of hydrogen-bond acceptors (Lipinski definition) is 8. The van der Waals surface area contributed by atoms with Crippen molar-refractivity contribution < 1.29 is 27.4 Å². The molecule has 0 aliphatic carbocycles. The number of hydrogen-bond donors (Lipinski definition) is 2. The molecule has 9 nitrogen and oxygen atoms in total. The molecule has 0 atom stereocenters. The minimum Gasteiger partial charge on any atom is -0.497 e. The first-order valence-corrected chi connectivity index (χ1v) is 12.7. The van der Waals surface area contributed by atoms with Crippen molar-refractivity contribution in [2.45, 2.75) is 4.90 Å². The highest BCUT2D eigenvalue weighted by atomic mass is 32.2. The van der Waals surface area contributed by atoms with Crippen LogP contribution in [0.1, 0.15) is 10.4 Å². The zero-order valence-corrected chi connectivity index (χ0v) is 20.0. The topological polar surface area (TPSA) is 116 Å². The van der Waals surface area contributed by atoms with Gasteiger partial charge in [-0.3, -0.25) is 14.8 Å². The Kier molecular flexibility index (Phi) is 6.01. The van der Waals surface area contributed by atoms with Crippen LogP contribution in [0.15, 0.2) is 77.0 Å². The molecule has 1 aliphatic rings. The number of ether oxygens (including phenoxy) is 3. The number of carbonyl (C=O) groups is 1. The highest BCUT2D eigenvalue weighted by molar-refractivity contribution is 7.92. The van der Waals surface area contributed by atoms with Crippen molar-refractivity contribution in [2.75, 3.05) is 23.9 Å².